The summed E-state index contributed by atoms with van der Waals surface area (Å²) in [5, 5.41) is 0. The molecule has 0 bridgehead atoms. The molecule has 2 heteroatoms. The van der Waals surface area contributed by atoms with Crippen LogP contribution in [0.1, 0.15) is 6.92 Å². The van der Waals surface area contributed by atoms with Crippen LogP contribution in [-0.4, -0.2) is 3.71 Å². The van der Waals surface area contributed by atoms with Gasteiger partial charge >= 0.3 is 73.5 Å². The van der Waals surface area contributed by atoms with Crippen LogP contribution in [0.5, 0.6) is 0 Å². The number of benzene rings is 1. The van der Waals surface area contributed by atoms with Crippen LogP contribution in [0, 0.1) is 0 Å². The molecule has 0 radical (unpaired) electrons. The molecule has 0 unspecified atom stereocenters. The van der Waals surface area contributed by atoms with Gasteiger partial charge in [-0.3, -0.25) is 0 Å². The molecular weight excluding hydrogens is 180 g/mol. The zero-order valence-corrected chi connectivity index (χ0v) is 7.79. The molecule has 0 aliphatic carbocycles. The molecule has 0 saturated heterocycles. The summed E-state index contributed by atoms with van der Waals surface area (Å²) in [6, 6.07) is 10.3. The first-order valence-electron chi connectivity index (χ1n) is 3.02. The molecule has 0 N–H and O–H groups in total. The molecule has 0 aromatic heterocycles. The molecule has 1 aromatic rings. The van der Waals surface area contributed by atoms with Crippen LogP contribution in [0.4, 0.5) is 0 Å². The Morgan fingerprint density at radius 1 is 1.30 bits per heavy atom. The van der Waals surface area contributed by atoms with Gasteiger partial charge in [-0.2, -0.15) is 0 Å². The SMILES string of the molecule is C[C](=[Cr])Sc1ccccc1. The monoisotopic (exact) mass is 188 g/mol. The van der Waals surface area contributed by atoms with Gasteiger partial charge in [-0.15, -0.1) is 0 Å². The molecule has 0 atom stereocenters. The van der Waals surface area contributed by atoms with Crippen molar-refractivity contribution >= 4 is 15.5 Å². The summed E-state index contributed by atoms with van der Waals surface area (Å²) in [6.07, 6.45) is 0. The van der Waals surface area contributed by atoms with E-state index in [4.69, 9.17) is 0 Å². The molecule has 10 heavy (non-hydrogen) atoms. The standard InChI is InChI=1S/C8H8S.Cr/c1-2-9-8-6-4-3-5-7-8;/h3-7H,1H3;. The van der Waals surface area contributed by atoms with E-state index < -0.39 is 0 Å². The van der Waals surface area contributed by atoms with Gasteiger partial charge < -0.3 is 0 Å². The van der Waals surface area contributed by atoms with Crippen molar-refractivity contribution < 1.29 is 15.9 Å². The van der Waals surface area contributed by atoms with Crippen LogP contribution in [0.3, 0.4) is 0 Å². The van der Waals surface area contributed by atoms with Crippen molar-refractivity contribution in [2.24, 2.45) is 0 Å². The van der Waals surface area contributed by atoms with Crippen molar-refractivity contribution in [1.82, 2.24) is 0 Å². The van der Waals surface area contributed by atoms with E-state index in [0.29, 0.717) is 0 Å². The van der Waals surface area contributed by atoms with Crippen molar-refractivity contribution in [2.75, 3.05) is 0 Å². The fraction of sp³-hybridized carbons (Fsp3) is 0.125. The summed E-state index contributed by atoms with van der Waals surface area (Å²) >= 11 is 4.73. The average Bonchev–Trinajstić information content (AvgIpc) is 1.88. The third-order valence-corrected chi connectivity index (χ3v) is 2.19. The van der Waals surface area contributed by atoms with Gasteiger partial charge in [-0.1, -0.05) is 0 Å². The molecule has 0 heterocycles. The molecule has 0 saturated carbocycles. The predicted molar refractivity (Wildman–Crippen MR) is 43.0 cm³/mol. The Morgan fingerprint density at radius 3 is 2.40 bits per heavy atom. The fourth-order valence-electron chi connectivity index (χ4n) is 0.655. The van der Waals surface area contributed by atoms with Crippen molar-refractivity contribution in [2.45, 2.75) is 11.8 Å². The zero-order valence-electron chi connectivity index (χ0n) is 5.70. The van der Waals surface area contributed by atoms with Crippen LogP contribution in [0.15, 0.2) is 35.2 Å². The van der Waals surface area contributed by atoms with Gasteiger partial charge in [0.1, 0.15) is 0 Å². The van der Waals surface area contributed by atoms with E-state index in [1.54, 1.807) is 11.8 Å². The van der Waals surface area contributed by atoms with Crippen LogP contribution in [0.25, 0.3) is 0 Å². The first kappa shape index (κ1) is 8.07. The van der Waals surface area contributed by atoms with Gasteiger partial charge in [0.2, 0.25) is 0 Å². The topological polar surface area (TPSA) is 0 Å². The summed E-state index contributed by atoms with van der Waals surface area (Å²) in [7, 11) is 0. The van der Waals surface area contributed by atoms with Gasteiger partial charge in [-0.05, 0) is 0 Å². The molecule has 0 nitrogen and oxygen atoms in total. The number of rotatable bonds is 2. The molecule has 1 aromatic carbocycles. The van der Waals surface area contributed by atoms with Crippen LogP contribution < -0.4 is 0 Å². The Kier molecular flexibility index (Phi) is 3.21. The van der Waals surface area contributed by atoms with Crippen molar-refractivity contribution in [3.63, 3.8) is 0 Å². The fourth-order valence-corrected chi connectivity index (χ4v) is 1.73. The van der Waals surface area contributed by atoms with E-state index in [9.17, 15) is 0 Å². The van der Waals surface area contributed by atoms with E-state index in [-0.39, 0.29) is 0 Å². The number of hydrogen-bond donors (Lipinski definition) is 0. The minimum atomic E-state index is 1.26. The van der Waals surface area contributed by atoms with E-state index in [2.05, 4.69) is 34.9 Å². The summed E-state index contributed by atoms with van der Waals surface area (Å²) in [4.78, 5) is 1.29. The number of hydrogen-bond acceptors (Lipinski definition) is 1. The first-order chi connectivity index (χ1) is 4.79. The molecule has 0 spiro atoms. The second-order valence-electron chi connectivity index (χ2n) is 1.91. The summed E-state index contributed by atoms with van der Waals surface area (Å²) in [5.74, 6) is 0. The maximum absolute atomic E-state index is 2.97. The number of thioether (sulfide) groups is 1. The van der Waals surface area contributed by atoms with Gasteiger partial charge in [0, 0.05) is 0 Å². The molecule has 0 amide bonds. The third kappa shape index (κ3) is 2.70. The second kappa shape index (κ2) is 3.98. The summed E-state index contributed by atoms with van der Waals surface area (Å²) in [5.41, 5.74) is 0. The molecule has 0 aliphatic heterocycles. The Bertz CT molecular complexity index is 218. The normalized spacial score (nSPS) is 9.30. The van der Waals surface area contributed by atoms with E-state index in [1.165, 1.54) is 8.61 Å². The summed E-state index contributed by atoms with van der Waals surface area (Å²) < 4.78 is 1.26. The Balaban J connectivity index is 2.67. The molecular formula is C8H8CrS. The van der Waals surface area contributed by atoms with Gasteiger partial charge in [0.25, 0.3) is 0 Å². The first-order valence-corrected chi connectivity index (χ1v) is 4.48. The van der Waals surface area contributed by atoms with Crippen LogP contribution in [-0.2, 0) is 15.9 Å². The average molecular weight is 188 g/mol. The molecule has 0 aliphatic rings. The van der Waals surface area contributed by atoms with Crippen LogP contribution >= 0.6 is 11.8 Å². The molecule has 52 valence electrons. The maximum atomic E-state index is 2.97. The predicted octanol–water partition coefficient (Wildman–Crippen LogP) is 2.48. The van der Waals surface area contributed by atoms with Crippen molar-refractivity contribution in [3.05, 3.63) is 30.3 Å². The van der Waals surface area contributed by atoms with Crippen molar-refractivity contribution in [1.29, 1.82) is 0 Å². The zero-order chi connectivity index (χ0) is 7.40. The van der Waals surface area contributed by atoms with Crippen LogP contribution in [0.2, 0.25) is 0 Å². The second-order valence-corrected chi connectivity index (χ2v) is 4.58. The van der Waals surface area contributed by atoms with Crippen molar-refractivity contribution in [3.8, 4) is 0 Å². The minimum absolute atomic E-state index is 1.26. The Labute approximate surface area is 73.6 Å². The molecule has 0 fully saturated rings. The Morgan fingerprint density at radius 2 is 1.90 bits per heavy atom. The van der Waals surface area contributed by atoms with E-state index >= 15 is 0 Å². The quantitative estimate of drug-likeness (QED) is 0.642. The molecule has 1 rings (SSSR count). The van der Waals surface area contributed by atoms with Gasteiger partial charge in [0.05, 0.1) is 0 Å². The van der Waals surface area contributed by atoms with Gasteiger partial charge in [-0.25, -0.2) is 0 Å². The summed E-state index contributed by atoms with van der Waals surface area (Å²) in [6.45, 7) is 2.07. The Hall–Kier alpha value is -0.0275. The van der Waals surface area contributed by atoms with E-state index in [0.717, 1.165) is 0 Å². The van der Waals surface area contributed by atoms with Gasteiger partial charge in [0.15, 0.2) is 0 Å². The third-order valence-electron chi connectivity index (χ3n) is 1.00. The van der Waals surface area contributed by atoms with E-state index in [1.807, 2.05) is 18.2 Å².